The van der Waals surface area contributed by atoms with Crippen molar-refractivity contribution < 1.29 is 28.5 Å². The van der Waals surface area contributed by atoms with E-state index in [1.54, 1.807) is 50.2 Å². The topological polar surface area (TPSA) is 120 Å². The van der Waals surface area contributed by atoms with Crippen LogP contribution in [0.15, 0.2) is 57.2 Å². The Morgan fingerprint density at radius 3 is 2.65 bits per heavy atom. The van der Waals surface area contributed by atoms with Crippen molar-refractivity contribution in [2.45, 2.75) is 19.9 Å². The molecule has 0 bridgehead atoms. The highest BCUT2D eigenvalue weighted by Crippen LogP contribution is 2.34. The molecule has 1 aliphatic heterocycles. The zero-order chi connectivity index (χ0) is 26.9. The van der Waals surface area contributed by atoms with Crippen molar-refractivity contribution in [2.75, 3.05) is 27.4 Å². The lowest BCUT2D eigenvalue weighted by Crippen LogP contribution is -2.45. The molecule has 1 amide bonds. The van der Waals surface area contributed by atoms with Gasteiger partial charge in [-0.25, -0.2) is 10.2 Å². The number of allylic oxidation sites excluding steroid dienone is 1. The van der Waals surface area contributed by atoms with Crippen LogP contribution in [-0.4, -0.2) is 50.6 Å². The van der Waals surface area contributed by atoms with Gasteiger partial charge in [-0.1, -0.05) is 34.1 Å². The number of ether oxygens (including phenoxy) is 4. The van der Waals surface area contributed by atoms with Gasteiger partial charge in [0.05, 0.1) is 38.7 Å². The third-order valence-corrected chi connectivity index (χ3v) is 5.90. The van der Waals surface area contributed by atoms with Crippen LogP contribution in [0.2, 0.25) is 0 Å². The van der Waals surface area contributed by atoms with Crippen LogP contribution in [0.25, 0.3) is 0 Å². The number of hydrazone groups is 1. The SMILES string of the molecule is CCOC(=O)C1=C(C)NC(=S)N[C@@H]1c1ccccc1OCC(=O)NN=Cc1cc(Br)cc(OC)c1OC. The number of hydrogen-bond donors (Lipinski definition) is 3. The van der Waals surface area contributed by atoms with Gasteiger partial charge in [0, 0.05) is 21.3 Å². The van der Waals surface area contributed by atoms with Crippen LogP contribution in [0.5, 0.6) is 17.2 Å². The molecule has 0 saturated carbocycles. The van der Waals surface area contributed by atoms with Gasteiger partial charge in [0.25, 0.3) is 5.91 Å². The van der Waals surface area contributed by atoms with E-state index < -0.39 is 17.9 Å². The first-order valence-corrected chi connectivity index (χ1v) is 12.4. The van der Waals surface area contributed by atoms with Gasteiger partial charge in [-0.05, 0) is 44.3 Å². The minimum atomic E-state index is -0.621. The third kappa shape index (κ3) is 6.98. The summed E-state index contributed by atoms with van der Waals surface area (Å²) in [5.74, 6) is 0.424. The highest BCUT2D eigenvalue weighted by Gasteiger charge is 2.32. The number of esters is 1. The fourth-order valence-corrected chi connectivity index (χ4v) is 4.39. The maximum absolute atomic E-state index is 12.7. The molecule has 0 spiro atoms. The summed E-state index contributed by atoms with van der Waals surface area (Å²) in [5, 5.41) is 10.4. The number of para-hydroxylation sites is 1. The van der Waals surface area contributed by atoms with E-state index in [0.717, 1.165) is 4.47 Å². The zero-order valence-electron chi connectivity index (χ0n) is 20.7. The van der Waals surface area contributed by atoms with Gasteiger partial charge in [0.2, 0.25) is 0 Å². The average Bonchev–Trinajstić information content (AvgIpc) is 2.86. The Bertz CT molecular complexity index is 1250. The zero-order valence-corrected chi connectivity index (χ0v) is 23.1. The molecule has 196 valence electrons. The quantitative estimate of drug-likeness (QED) is 0.165. The van der Waals surface area contributed by atoms with E-state index in [4.69, 9.17) is 31.2 Å². The largest absolute Gasteiger partial charge is 0.493 e. The average molecular weight is 591 g/mol. The number of rotatable bonds is 10. The first-order valence-electron chi connectivity index (χ1n) is 11.2. The van der Waals surface area contributed by atoms with Crippen molar-refractivity contribution in [3.05, 3.63) is 63.3 Å². The summed E-state index contributed by atoms with van der Waals surface area (Å²) in [6, 6.07) is 9.97. The van der Waals surface area contributed by atoms with E-state index in [9.17, 15) is 9.59 Å². The number of methoxy groups -OCH3 is 2. The molecule has 0 unspecified atom stereocenters. The number of amides is 1. The summed E-state index contributed by atoms with van der Waals surface area (Å²) in [7, 11) is 3.04. The van der Waals surface area contributed by atoms with Crippen molar-refractivity contribution in [1.29, 1.82) is 0 Å². The number of nitrogens with zero attached hydrogens (tertiary/aromatic N) is 1. The van der Waals surface area contributed by atoms with Crippen LogP contribution >= 0.6 is 28.1 Å². The van der Waals surface area contributed by atoms with Crippen molar-refractivity contribution in [3.8, 4) is 17.2 Å². The number of carbonyl (C=O) groups excluding carboxylic acids is 2. The van der Waals surface area contributed by atoms with Crippen LogP contribution in [0.3, 0.4) is 0 Å². The number of carbonyl (C=O) groups is 2. The lowest BCUT2D eigenvalue weighted by molar-refractivity contribution is -0.139. The molecule has 0 fully saturated rings. The lowest BCUT2D eigenvalue weighted by atomic mass is 9.95. The van der Waals surface area contributed by atoms with Crippen LogP contribution in [0.4, 0.5) is 0 Å². The van der Waals surface area contributed by atoms with Gasteiger partial charge in [0.15, 0.2) is 23.2 Å². The van der Waals surface area contributed by atoms with Crippen molar-refractivity contribution in [2.24, 2.45) is 5.10 Å². The summed E-state index contributed by atoms with van der Waals surface area (Å²) in [5.41, 5.74) is 4.60. The molecule has 3 N–H and O–H groups in total. The number of thiocarbonyl (C=S) groups is 1. The van der Waals surface area contributed by atoms with Gasteiger partial charge < -0.3 is 29.6 Å². The highest BCUT2D eigenvalue weighted by atomic mass is 79.9. The van der Waals surface area contributed by atoms with Crippen LogP contribution in [0.1, 0.15) is 31.0 Å². The Morgan fingerprint density at radius 2 is 1.95 bits per heavy atom. The van der Waals surface area contributed by atoms with E-state index in [1.807, 2.05) is 0 Å². The molecule has 0 aromatic heterocycles. The number of nitrogens with one attached hydrogen (secondary N) is 3. The highest BCUT2D eigenvalue weighted by molar-refractivity contribution is 9.10. The normalized spacial score (nSPS) is 15.1. The Balaban J connectivity index is 1.73. The number of benzene rings is 2. The molecule has 10 nitrogen and oxygen atoms in total. The Kier molecular flexibility index (Phi) is 9.86. The lowest BCUT2D eigenvalue weighted by Gasteiger charge is -2.30. The molecule has 12 heteroatoms. The molecular formula is C25H27BrN4O6S. The Hall–Kier alpha value is -3.64. The first kappa shape index (κ1) is 27.9. The second kappa shape index (κ2) is 13.1. The second-order valence-corrected chi connectivity index (χ2v) is 8.96. The Labute approximate surface area is 228 Å². The van der Waals surface area contributed by atoms with Gasteiger partial charge >= 0.3 is 5.97 Å². The third-order valence-electron chi connectivity index (χ3n) is 5.22. The van der Waals surface area contributed by atoms with E-state index in [-0.39, 0.29) is 13.2 Å². The summed E-state index contributed by atoms with van der Waals surface area (Å²) in [6.07, 6.45) is 1.44. The van der Waals surface area contributed by atoms with E-state index in [2.05, 4.69) is 37.1 Å². The predicted molar refractivity (Wildman–Crippen MR) is 146 cm³/mol. The van der Waals surface area contributed by atoms with Crippen molar-refractivity contribution >= 4 is 51.4 Å². The smallest absolute Gasteiger partial charge is 0.338 e. The summed E-state index contributed by atoms with van der Waals surface area (Å²) >= 11 is 8.70. The molecule has 1 aliphatic rings. The number of halogens is 1. The van der Waals surface area contributed by atoms with E-state index >= 15 is 0 Å². The summed E-state index contributed by atoms with van der Waals surface area (Å²) < 4.78 is 22.5. The summed E-state index contributed by atoms with van der Waals surface area (Å²) in [6.45, 7) is 3.39. The van der Waals surface area contributed by atoms with Crippen LogP contribution in [-0.2, 0) is 14.3 Å². The summed E-state index contributed by atoms with van der Waals surface area (Å²) in [4.78, 5) is 25.1. The maximum Gasteiger partial charge on any atom is 0.338 e. The molecule has 0 saturated heterocycles. The van der Waals surface area contributed by atoms with Gasteiger partial charge in [-0.15, -0.1) is 0 Å². The molecule has 2 aromatic carbocycles. The second-order valence-electron chi connectivity index (χ2n) is 7.64. The van der Waals surface area contributed by atoms with E-state index in [0.29, 0.717) is 44.8 Å². The van der Waals surface area contributed by atoms with Gasteiger partial charge in [-0.3, -0.25) is 4.79 Å². The molecule has 0 radical (unpaired) electrons. The molecule has 0 aliphatic carbocycles. The number of hydrogen-bond acceptors (Lipinski definition) is 8. The minimum Gasteiger partial charge on any atom is -0.493 e. The molecule has 1 heterocycles. The van der Waals surface area contributed by atoms with Gasteiger partial charge in [0.1, 0.15) is 5.75 Å². The van der Waals surface area contributed by atoms with Gasteiger partial charge in [-0.2, -0.15) is 5.10 Å². The molecular weight excluding hydrogens is 564 g/mol. The molecule has 3 rings (SSSR count). The molecule has 2 aromatic rings. The standard InChI is InChI=1S/C25H27BrN4O6S/c1-5-35-24(32)21-14(2)28-25(37)29-22(21)17-8-6-7-9-18(17)36-13-20(31)30-27-12-15-10-16(26)11-19(33-3)23(15)34-4/h6-12,22H,5,13H2,1-4H3,(H,30,31)(H2,28,29,37)/t22-/m1/s1. The van der Waals surface area contributed by atoms with Crippen molar-refractivity contribution in [1.82, 2.24) is 16.1 Å². The van der Waals surface area contributed by atoms with Crippen LogP contribution < -0.4 is 30.3 Å². The maximum atomic E-state index is 12.7. The predicted octanol–water partition coefficient (Wildman–Crippen LogP) is 3.35. The van der Waals surface area contributed by atoms with Crippen molar-refractivity contribution in [3.63, 3.8) is 0 Å². The first-order chi connectivity index (χ1) is 17.8. The Morgan fingerprint density at radius 1 is 1.19 bits per heavy atom. The minimum absolute atomic E-state index is 0.226. The fraction of sp³-hybridized carbons (Fsp3) is 0.280. The molecule has 37 heavy (non-hydrogen) atoms. The van der Waals surface area contributed by atoms with E-state index in [1.165, 1.54) is 20.4 Å². The fourth-order valence-electron chi connectivity index (χ4n) is 3.66. The van der Waals surface area contributed by atoms with Crippen LogP contribution in [0, 0.1) is 0 Å². The molecule has 1 atom stereocenters. The monoisotopic (exact) mass is 590 g/mol.